The van der Waals surface area contributed by atoms with Crippen LogP contribution in [-0.4, -0.2) is 33.4 Å². The number of aromatic amines is 1. The number of anilines is 1. The first-order valence-electron chi connectivity index (χ1n) is 6.96. The Morgan fingerprint density at radius 3 is 3.05 bits per heavy atom. The lowest BCUT2D eigenvalue weighted by atomic mass is 10.1. The molecule has 0 spiro atoms. The van der Waals surface area contributed by atoms with Gasteiger partial charge in [-0.25, -0.2) is 0 Å². The summed E-state index contributed by atoms with van der Waals surface area (Å²) in [5, 5.41) is 19.0. The number of nitrogens with zero attached hydrogens (tertiary/aromatic N) is 3. The maximum atomic E-state index is 12.3. The van der Waals surface area contributed by atoms with Gasteiger partial charge in [-0.1, -0.05) is 17.8 Å². The van der Waals surface area contributed by atoms with Crippen molar-refractivity contribution in [2.24, 2.45) is 0 Å². The predicted molar refractivity (Wildman–Crippen MR) is 78.4 cm³/mol. The summed E-state index contributed by atoms with van der Waals surface area (Å²) in [4.78, 5) is 12.3. The Morgan fingerprint density at radius 2 is 2.19 bits per heavy atom. The number of nitrogens with one attached hydrogen (secondary N) is 2. The molecule has 0 aliphatic heterocycles. The van der Waals surface area contributed by atoms with Crippen molar-refractivity contribution in [1.82, 2.24) is 20.4 Å². The Hall–Kier alpha value is -1.80. The number of ether oxygens (including phenoxy) is 1. The van der Waals surface area contributed by atoms with E-state index in [1.807, 2.05) is 0 Å². The number of rotatable bonds is 4. The quantitative estimate of drug-likeness (QED) is 0.842. The van der Waals surface area contributed by atoms with Crippen LogP contribution in [0.4, 0.5) is 5.13 Å². The molecular formula is C13H17N5O2S. The number of carbonyl (C=O) groups excluding carboxylic acids is 1. The number of H-pyrrole nitrogens is 1. The lowest BCUT2D eigenvalue weighted by molar-refractivity contribution is 0.102. The maximum Gasteiger partial charge on any atom is 0.278 e. The molecule has 0 saturated carbocycles. The van der Waals surface area contributed by atoms with Crippen LogP contribution in [0.2, 0.25) is 0 Å². The highest BCUT2D eigenvalue weighted by Gasteiger charge is 2.21. The lowest BCUT2D eigenvalue weighted by Crippen LogP contribution is -2.14. The van der Waals surface area contributed by atoms with E-state index in [0.717, 1.165) is 41.9 Å². The van der Waals surface area contributed by atoms with Crippen molar-refractivity contribution in [2.45, 2.75) is 38.7 Å². The molecule has 0 bridgehead atoms. The van der Waals surface area contributed by atoms with Crippen LogP contribution in [0.3, 0.4) is 0 Å². The lowest BCUT2D eigenvalue weighted by Gasteiger charge is -2.01. The number of amides is 1. The molecule has 0 radical (unpaired) electrons. The Kier molecular flexibility index (Phi) is 4.26. The van der Waals surface area contributed by atoms with E-state index in [1.54, 1.807) is 7.11 Å². The fourth-order valence-corrected chi connectivity index (χ4v) is 3.19. The normalized spacial score (nSPS) is 14.5. The molecule has 3 rings (SSSR count). The van der Waals surface area contributed by atoms with E-state index in [0.29, 0.717) is 17.4 Å². The van der Waals surface area contributed by atoms with Crippen LogP contribution >= 0.6 is 11.3 Å². The van der Waals surface area contributed by atoms with E-state index >= 15 is 0 Å². The Balaban J connectivity index is 1.74. The van der Waals surface area contributed by atoms with Gasteiger partial charge >= 0.3 is 0 Å². The van der Waals surface area contributed by atoms with Crippen LogP contribution in [0.5, 0.6) is 0 Å². The summed E-state index contributed by atoms with van der Waals surface area (Å²) in [6, 6.07) is 0. The van der Waals surface area contributed by atoms with Gasteiger partial charge in [-0.3, -0.25) is 15.2 Å². The fourth-order valence-electron chi connectivity index (χ4n) is 2.49. The van der Waals surface area contributed by atoms with E-state index in [4.69, 9.17) is 4.74 Å². The summed E-state index contributed by atoms with van der Waals surface area (Å²) < 4.78 is 4.98. The van der Waals surface area contributed by atoms with E-state index in [1.165, 1.54) is 17.8 Å². The van der Waals surface area contributed by atoms with Gasteiger partial charge in [0, 0.05) is 18.4 Å². The molecule has 2 N–H and O–H groups in total. The molecule has 1 aliphatic carbocycles. The van der Waals surface area contributed by atoms with Crippen molar-refractivity contribution in [2.75, 3.05) is 12.4 Å². The van der Waals surface area contributed by atoms with Crippen LogP contribution in [0.1, 0.15) is 46.0 Å². The second-order valence-electron chi connectivity index (χ2n) is 4.98. The molecule has 2 heterocycles. The average Bonchev–Trinajstić information content (AvgIpc) is 3.00. The van der Waals surface area contributed by atoms with Crippen LogP contribution in [-0.2, 0) is 24.2 Å². The third-order valence-electron chi connectivity index (χ3n) is 3.48. The van der Waals surface area contributed by atoms with Crippen molar-refractivity contribution >= 4 is 22.4 Å². The van der Waals surface area contributed by atoms with Crippen molar-refractivity contribution in [3.63, 3.8) is 0 Å². The highest BCUT2D eigenvalue weighted by atomic mass is 32.1. The summed E-state index contributed by atoms with van der Waals surface area (Å²) in [7, 11) is 1.60. The molecule has 8 heteroatoms. The maximum absolute atomic E-state index is 12.3. The number of aryl methyl sites for hydroxylation is 1. The monoisotopic (exact) mass is 307 g/mol. The van der Waals surface area contributed by atoms with Crippen molar-refractivity contribution in [3.05, 3.63) is 22.0 Å². The predicted octanol–water partition coefficient (Wildman–Crippen LogP) is 1.93. The molecule has 2 aromatic heterocycles. The highest BCUT2D eigenvalue weighted by Crippen LogP contribution is 2.23. The summed E-state index contributed by atoms with van der Waals surface area (Å²) in [6.45, 7) is 0.394. The molecule has 0 atom stereocenters. The zero-order valence-corrected chi connectivity index (χ0v) is 12.6. The largest absolute Gasteiger partial charge is 0.377 e. The number of hydrogen-bond donors (Lipinski definition) is 2. The van der Waals surface area contributed by atoms with Crippen molar-refractivity contribution in [1.29, 1.82) is 0 Å². The first-order chi connectivity index (χ1) is 10.3. The van der Waals surface area contributed by atoms with Gasteiger partial charge < -0.3 is 4.74 Å². The third kappa shape index (κ3) is 3.11. The van der Waals surface area contributed by atoms with E-state index in [2.05, 4.69) is 25.7 Å². The molecular weight excluding hydrogens is 290 g/mol. The molecule has 0 fully saturated rings. The van der Waals surface area contributed by atoms with Crippen molar-refractivity contribution in [3.8, 4) is 0 Å². The number of fused-ring (bicyclic) bond motifs is 1. The number of methoxy groups -OCH3 is 1. The average molecular weight is 307 g/mol. The summed E-state index contributed by atoms with van der Waals surface area (Å²) in [5.41, 5.74) is 2.62. The third-order valence-corrected chi connectivity index (χ3v) is 4.29. The van der Waals surface area contributed by atoms with Crippen LogP contribution in [0, 0.1) is 0 Å². The molecule has 21 heavy (non-hydrogen) atoms. The first-order valence-corrected chi connectivity index (χ1v) is 7.78. The van der Waals surface area contributed by atoms with Gasteiger partial charge in [0.05, 0.1) is 0 Å². The molecule has 1 aliphatic rings. The number of hydrogen-bond acceptors (Lipinski definition) is 6. The molecule has 1 amide bonds. The fraction of sp³-hybridized carbons (Fsp3) is 0.538. The standard InChI is InChI=1S/C13H17N5O2S/c1-20-7-10-16-18-13(21-10)14-12(19)11-8-5-3-2-4-6-9(8)15-17-11/h2-7H2,1H3,(H,15,17)(H,14,18,19). The smallest absolute Gasteiger partial charge is 0.278 e. The minimum atomic E-state index is -0.227. The molecule has 2 aromatic rings. The molecule has 7 nitrogen and oxygen atoms in total. The van der Waals surface area contributed by atoms with Crippen molar-refractivity contribution < 1.29 is 9.53 Å². The number of carbonyl (C=O) groups is 1. The summed E-state index contributed by atoms with van der Waals surface area (Å²) in [5.74, 6) is -0.227. The first kappa shape index (κ1) is 14.2. The number of aromatic nitrogens is 4. The Morgan fingerprint density at radius 1 is 1.33 bits per heavy atom. The second kappa shape index (κ2) is 6.31. The molecule has 112 valence electrons. The van der Waals surface area contributed by atoms with E-state index < -0.39 is 0 Å². The van der Waals surface area contributed by atoms with Gasteiger partial charge in [0.15, 0.2) is 5.69 Å². The molecule has 0 aromatic carbocycles. The Labute approximate surface area is 126 Å². The van der Waals surface area contributed by atoms with Gasteiger partial charge in [0.1, 0.15) is 11.6 Å². The van der Waals surface area contributed by atoms with E-state index in [-0.39, 0.29) is 5.91 Å². The van der Waals surface area contributed by atoms with E-state index in [9.17, 15) is 4.79 Å². The SMILES string of the molecule is COCc1nnc(NC(=O)c2n[nH]c3c2CCCCC3)s1. The summed E-state index contributed by atoms with van der Waals surface area (Å²) >= 11 is 1.31. The zero-order valence-electron chi connectivity index (χ0n) is 11.8. The van der Waals surface area contributed by atoms with Gasteiger partial charge in [-0.05, 0) is 25.7 Å². The van der Waals surface area contributed by atoms with Gasteiger partial charge in [-0.15, -0.1) is 10.2 Å². The summed E-state index contributed by atoms with van der Waals surface area (Å²) in [6.07, 6.45) is 5.31. The minimum absolute atomic E-state index is 0.227. The highest BCUT2D eigenvalue weighted by molar-refractivity contribution is 7.15. The zero-order chi connectivity index (χ0) is 14.7. The second-order valence-corrected chi connectivity index (χ2v) is 6.04. The Bertz CT molecular complexity index is 636. The van der Waals surface area contributed by atoms with Gasteiger partial charge in [-0.2, -0.15) is 5.10 Å². The van der Waals surface area contributed by atoms with Crippen LogP contribution in [0.15, 0.2) is 0 Å². The minimum Gasteiger partial charge on any atom is -0.377 e. The molecule has 0 unspecified atom stereocenters. The molecule has 0 saturated heterocycles. The van der Waals surface area contributed by atoms with Gasteiger partial charge in [0.25, 0.3) is 5.91 Å². The van der Waals surface area contributed by atoms with Gasteiger partial charge in [0.2, 0.25) is 5.13 Å². The topological polar surface area (TPSA) is 92.8 Å². The van der Waals surface area contributed by atoms with Crippen LogP contribution in [0.25, 0.3) is 0 Å². The van der Waals surface area contributed by atoms with Crippen LogP contribution < -0.4 is 5.32 Å².